The van der Waals surface area contributed by atoms with Gasteiger partial charge in [0.05, 0.1) is 0 Å². The number of aryl methyl sites for hydroxylation is 2. The second-order valence-corrected chi connectivity index (χ2v) is 4.85. The highest BCUT2D eigenvalue weighted by atomic mass is 16.3. The summed E-state index contributed by atoms with van der Waals surface area (Å²) in [5.41, 5.74) is 3.86. The van der Waals surface area contributed by atoms with Gasteiger partial charge < -0.3 is 4.42 Å². The van der Waals surface area contributed by atoms with Crippen LogP contribution in [0.1, 0.15) is 30.2 Å². The van der Waals surface area contributed by atoms with Crippen molar-refractivity contribution < 1.29 is 4.42 Å². The summed E-state index contributed by atoms with van der Waals surface area (Å²) in [4.78, 5) is 0. The van der Waals surface area contributed by atoms with Gasteiger partial charge in [-0.1, -0.05) is 18.6 Å². The quantitative estimate of drug-likeness (QED) is 0.629. The summed E-state index contributed by atoms with van der Waals surface area (Å²) in [5, 5.41) is 1.34. The van der Waals surface area contributed by atoms with Crippen LogP contribution in [0.3, 0.4) is 0 Å². The fourth-order valence-electron chi connectivity index (χ4n) is 2.56. The largest absolute Gasteiger partial charge is 0.461 e. The average molecular weight is 200 g/mol. The van der Waals surface area contributed by atoms with Crippen molar-refractivity contribution in [2.45, 2.75) is 33.1 Å². The van der Waals surface area contributed by atoms with Crippen LogP contribution >= 0.6 is 0 Å². The molecule has 1 aromatic carbocycles. The number of hydrogen-bond donors (Lipinski definition) is 0. The lowest BCUT2D eigenvalue weighted by Gasteiger charge is -2.16. The van der Waals surface area contributed by atoms with Crippen molar-refractivity contribution in [1.82, 2.24) is 0 Å². The molecule has 1 aliphatic carbocycles. The zero-order valence-corrected chi connectivity index (χ0v) is 9.34. The molecule has 0 saturated heterocycles. The van der Waals surface area contributed by atoms with Gasteiger partial charge in [-0.2, -0.15) is 0 Å². The van der Waals surface area contributed by atoms with E-state index >= 15 is 0 Å². The summed E-state index contributed by atoms with van der Waals surface area (Å²) in [5.74, 6) is 2.01. The predicted molar refractivity (Wildman–Crippen MR) is 62.1 cm³/mol. The molecule has 0 amide bonds. The van der Waals surface area contributed by atoms with Gasteiger partial charge in [-0.25, -0.2) is 0 Å². The van der Waals surface area contributed by atoms with E-state index in [-0.39, 0.29) is 0 Å². The Morgan fingerprint density at radius 3 is 3.07 bits per heavy atom. The van der Waals surface area contributed by atoms with Crippen molar-refractivity contribution in [3.05, 3.63) is 35.1 Å². The summed E-state index contributed by atoms with van der Waals surface area (Å²) >= 11 is 0. The molecule has 3 rings (SSSR count). The van der Waals surface area contributed by atoms with Gasteiger partial charge in [-0.15, -0.1) is 0 Å². The number of benzene rings is 1. The van der Waals surface area contributed by atoms with E-state index in [4.69, 9.17) is 4.42 Å². The van der Waals surface area contributed by atoms with Crippen LogP contribution in [-0.2, 0) is 12.8 Å². The maximum Gasteiger partial charge on any atom is 0.134 e. The standard InChI is InChI=1S/C14H16O/c1-9-4-6-13-12(7-9)11-5-3-10(2)8-14(11)15-13/h4,6-7,10H,3,5,8H2,1-2H3/t10-/m1/s1. The Balaban J connectivity index is 2.24. The smallest absolute Gasteiger partial charge is 0.134 e. The van der Waals surface area contributed by atoms with Gasteiger partial charge in [0.25, 0.3) is 0 Å². The van der Waals surface area contributed by atoms with Crippen LogP contribution in [0.4, 0.5) is 0 Å². The van der Waals surface area contributed by atoms with Gasteiger partial charge >= 0.3 is 0 Å². The molecule has 78 valence electrons. The third kappa shape index (κ3) is 1.38. The SMILES string of the molecule is Cc1ccc2oc3c(c2c1)CC[C@@H](C)C3. The van der Waals surface area contributed by atoms with Crippen molar-refractivity contribution in [2.75, 3.05) is 0 Å². The van der Waals surface area contributed by atoms with Crippen LogP contribution in [0.15, 0.2) is 22.6 Å². The molecule has 1 heteroatoms. The lowest BCUT2D eigenvalue weighted by atomic mass is 9.88. The first-order valence-electron chi connectivity index (χ1n) is 5.75. The molecule has 0 radical (unpaired) electrons. The molecule has 1 atom stereocenters. The van der Waals surface area contributed by atoms with Crippen molar-refractivity contribution in [2.24, 2.45) is 5.92 Å². The molecular formula is C14H16O. The molecule has 0 aliphatic heterocycles. The Labute approximate surface area is 90.1 Å². The average Bonchev–Trinajstić information content (AvgIpc) is 2.54. The molecule has 0 spiro atoms. The Kier molecular flexibility index (Phi) is 1.88. The maximum atomic E-state index is 5.92. The van der Waals surface area contributed by atoms with E-state index < -0.39 is 0 Å². The summed E-state index contributed by atoms with van der Waals surface area (Å²) in [6, 6.07) is 6.49. The molecule has 15 heavy (non-hydrogen) atoms. The molecule has 1 aromatic heterocycles. The third-order valence-corrected chi connectivity index (χ3v) is 3.45. The van der Waals surface area contributed by atoms with Crippen LogP contribution < -0.4 is 0 Å². The molecule has 0 bridgehead atoms. The molecule has 1 heterocycles. The highest BCUT2D eigenvalue weighted by Crippen LogP contribution is 2.34. The lowest BCUT2D eigenvalue weighted by Crippen LogP contribution is -2.08. The maximum absolute atomic E-state index is 5.92. The second-order valence-electron chi connectivity index (χ2n) is 4.85. The zero-order chi connectivity index (χ0) is 10.4. The lowest BCUT2D eigenvalue weighted by molar-refractivity contribution is 0.426. The Bertz CT molecular complexity index is 507. The van der Waals surface area contributed by atoms with Crippen LogP contribution in [-0.4, -0.2) is 0 Å². The second kappa shape index (κ2) is 3.13. The monoisotopic (exact) mass is 200 g/mol. The Morgan fingerprint density at radius 1 is 1.33 bits per heavy atom. The topological polar surface area (TPSA) is 13.1 Å². The Morgan fingerprint density at radius 2 is 2.20 bits per heavy atom. The first kappa shape index (κ1) is 9.02. The first-order chi connectivity index (χ1) is 7.24. The molecular weight excluding hydrogens is 184 g/mol. The highest BCUT2D eigenvalue weighted by molar-refractivity contribution is 5.83. The van der Waals surface area contributed by atoms with Crippen LogP contribution in [0.5, 0.6) is 0 Å². The minimum absolute atomic E-state index is 0.777. The van der Waals surface area contributed by atoms with Crippen LogP contribution in [0.2, 0.25) is 0 Å². The first-order valence-corrected chi connectivity index (χ1v) is 5.75. The summed E-state index contributed by atoms with van der Waals surface area (Å²) in [6.07, 6.45) is 3.60. The highest BCUT2D eigenvalue weighted by Gasteiger charge is 2.21. The summed E-state index contributed by atoms with van der Waals surface area (Å²) in [6.45, 7) is 4.45. The van der Waals surface area contributed by atoms with Gasteiger partial charge in [-0.05, 0) is 37.8 Å². The molecule has 1 aliphatic rings. The van der Waals surface area contributed by atoms with E-state index in [1.54, 1.807) is 0 Å². The number of fused-ring (bicyclic) bond motifs is 3. The van der Waals surface area contributed by atoms with E-state index in [2.05, 4.69) is 32.0 Å². The molecule has 0 saturated carbocycles. The minimum atomic E-state index is 0.777. The van der Waals surface area contributed by atoms with E-state index in [1.807, 2.05) is 0 Å². The molecule has 0 unspecified atom stereocenters. The molecule has 2 aromatic rings. The van der Waals surface area contributed by atoms with Crippen LogP contribution in [0, 0.1) is 12.8 Å². The zero-order valence-electron chi connectivity index (χ0n) is 9.34. The van der Waals surface area contributed by atoms with Crippen LogP contribution in [0.25, 0.3) is 11.0 Å². The summed E-state index contributed by atoms with van der Waals surface area (Å²) < 4.78 is 5.92. The third-order valence-electron chi connectivity index (χ3n) is 3.45. The number of hydrogen-bond acceptors (Lipinski definition) is 1. The van der Waals surface area contributed by atoms with Gasteiger partial charge in [0.1, 0.15) is 11.3 Å². The van der Waals surface area contributed by atoms with E-state index in [9.17, 15) is 0 Å². The fraction of sp³-hybridized carbons (Fsp3) is 0.429. The number of rotatable bonds is 0. The van der Waals surface area contributed by atoms with Gasteiger partial charge in [0.2, 0.25) is 0 Å². The predicted octanol–water partition coefficient (Wildman–Crippen LogP) is 3.87. The fourth-order valence-corrected chi connectivity index (χ4v) is 2.56. The van der Waals surface area contributed by atoms with Crippen molar-refractivity contribution >= 4 is 11.0 Å². The van der Waals surface area contributed by atoms with E-state index in [1.165, 1.54) is 35.1 Å². The van der Waals surface area contributed by atoms with E-state index in [0.29, 0.717) is 0 Å². The van der Waals surface area contributed by atoms with Crippen molar-refractivity contribution in [1.29, 1.82) is 0 Å². The van der Waals surface area contributed by atoms with E-state index in [0.717, 1.165) is 17.9 Å². The molecule has 1 nitrogen and oxygen atoms in total. The van der Waals surface area contributed by atoms with Crippen molar-refractivity contribution in [3.63, 3.8) is 0 Å². The number of furan rings is 1. The molecule has 0 N–H and O–H groups in total. The Hall–Kier alpha value is -1.24. The summed E-state index contributed by atoms with van der Waals surface area (Å²) in [7, 11) is 0. The normalized spacial score (nSPS) is 20.5. The molecule has 0 fully saturated rings. The van der Waals surface area contributed by atoms with Crippen molar-refractivity contribution in [3.8, 4) is 0 Å². The van der Waals surface area contributed by atoms with Gasteiger partial charge in [0.15, 0.2) is 0 Å². The van der Waals surface area contributed by atoms with Gasteiger partial charge in [0, 0.05) is 17.4 Å². The minimum Gasteiger partial charge on any atom is -0.461 e. The van der Waals surface area contributed by atoms with Gasteiger partial charge in [-0.3, -0.25) is 0 Å².